The summed E-state index contributed by atoms with van der Waals surface area (Å²) < 4.78 is 5.51. The molecular formula is C14H27N3O. The van der Waals surface area contributed by atoms with E-state index in [1.54, 1.807) is 7.11 Å². The molecule has 3 unspecified atom stereocenters. The van der Waals surface area contributed by atoms with Gasteiger partial charge in [0.15, 0.2) is 0 Å². The molecule has 0 bridgehead atoms. The molecule has 0 aromatic carbocycles. The van der Waals surface area contributed by atoms with Crippen molar-refractivity contribution < 1.29 is 4.74 Å². The first-order valence-electron chi connectivity index (χ1n) is 7.09. The van der Waals surface area contributed by atoms with E-state index in [1.165, 1.54) is 6.42 Å². The van der Waals surface area contributed by atoms with Gasteiger partial charge in [-0.15, -0.1) is 0 Å². The maximum absolute atomic E-state index is 9.07. The molecule has 1 aliphatic heterocycles. The fourth-order valence-electron chi connectivity index (χ4n) is 2.45. The van der Waals surface area contributed by atoms with Gasteiger partial charge in [-0.25, -0.2) is 0 Å². The fourth-order valence-corrected chi connectivity index (χ4v) is 2.45. The van der Waals surface area contributed by atoms with Gasteiger partial charge in [-0.2, -0.15) is 5.26 Å². The summed E-state index contributed by atoms with van der Waals surface area (Å²) in [4.78, 5) is 2.42. The number of nitrogens with zero attached hydrogens (tertiary/aromatic N) is 2. The molecule has 1 rings (SSSR count). The molecule has 18 heavy (non-hydrogen) atoms. The number of ether oxygens (including phenoxy) is 1. The second-order valence-electron chi connectivity index (χ2n) is 5.27. The van der Waals surface area contributed by atoms with Crippen LogP contribution >= 0.6 is 0 Å². The summed E-state index contributed by atoms with van der Waals surface area (Å²) in [6.45, 7) is 8.43. The Bertz CT molecular complexity index is 264. The Balaban J connectivity index is 2.28. The molecule has 0 aromatic heterocycles. The maximum atomic E-state index is 9.07. The van der Waals surface area contributed by atoms with Crippen LogP contribution in [0.4, 0.5) is 0 Å². The van der Waals surface area contributed by atoms with Crippen molar-refractivity contribution in [2.24, 2.45) is 5.92 Å². The molecular weight excluding hydrogens is 226 g/mol. The molecule has 0 aliphatic carbocycles. The van der Waals surface area contributed by atoms with Crippen LogP contribution < -0.4 is 5.32 Å². The molecule has 3 atom stereocenters. The second-order valence-corrected chi connectivity index (χ2v) is 5.27. The van der Waals surface area contributed by atoms with Crippen molar-refractivity contribution in [3.05, 3.63) is 0 Å². The number of methoxy groups -OCH3 is 1. The number of hydrogen-bond acceptors (Lipinski definition) is 4. The van der Waals surface area contributed by atoms with E-state index in [1.807, 2.05) is 0 Å². The topological polar surface area (TPSA) is 48.3 Å². The lowest BCUT2D eigenvalue weighted by Crippen LogP contribution is -2.45. The largest absolute Gasteiger partial charge is 0.380 e. The van der Waals surface area contributed by atoms with Gasteiger partial charge in [0.25, 0.3) is 0 Å². The average molecular weight is 253 g/mol. The standard InChI is InChI=1S/C14H27N3O/c1-4-7-16-13(10-15)6-9-17-8-5-12(2)14(11-17)18-3/h12-14,16H,4-9,11H2,1-3H3. The van der Waals surface area contributed by atoms with Crippen molar-refractivity contribution in [1.82, 2.24) is 10.2 Å². The molecule has 4 heteroatoms. The third kappa shape index (κ3) is 4.93. The summed E-state index contributed by atoms with van der Waals surface area (Å²) in [5.74, 6) is 0.649. The van der Waals surface area contributed by atoms with Crippen molar-refractivity contribution in [2.75, 3.05) is 33.3 Å². The van der Waals surface area contributed by atoms with Gasteiger partial charge in [0.05, 0.1) is 18.2 Å². The second kappa shape index (κ2) is 8.47. The van der Waals surface area contributed by atoms with Crippen LogP contribution in [0.5, 0.6) is 0 Å². The average Bonchev–Trinajstić information content (AvgIpc) is 2.40. The summed E-state index contributed by atoms with van der Waals surface area (Å²) in [6.07, 6.45) is 3.52. The lowest BCUT2D eigenvalue weighted by atomic mass is 9.95. The first-order chi connectivity index (χ1) is 8.71. The Morgan fingerprint density at radius 3 is 2.94 bits per heavy atom. The number of rotatable bonds is 7. The van der Waals surface area contributed by atoms with Crippen molar-refractivity contribution >= 4 is 0 Å². The summed E-state index contributed by atoms with van der Waals surface area (Å²) >= 11 is 0. The van der Waals surface area contributed by atoms with Crippen LogP contribution in [0.1, 0.15) is 33.1 Å². The first kappa shape index (κ1) is 15.4. The minimum Gasteiger partial charge on any atom is -0.380 e. The zero-order valence-electron chi connectivity index (χ0n) is 12.0. The molecule has 0 saturated carbocycles. The lowest BCUT2D eigenvalue weighted by molar-refractivity contribution is -0.00544. The molecule has 0 amide bonds. The van der Waals surface area contributed by atoms with Crippen molar-refractivity contribution in [2.45, 2.75) is 45.3 Å². The number of piperidine rings is 1. The van der Waals surface area contributed by atoms with Crippen LogP contribution in [-0.2, 0) is 4.74 Å². The van der Waals surface area contributed by atoms with Crippen LogP contribution in [0.15, 0.2) is 0 Å². The van der Waals surface area contributed by atoms with E-state index in [0.29, 0.717) is 12.0 Å². The van der Waals surface area contributed by atoms with Gasteiger partial charge in [0.1, 0.15) is 0 Å². The van der Waals surface area contributed by atoms with Crippen LogP contribution in [-0.4, -0.2) is 50.3 Å². The van der Waals surface area contributed by atoms with Crippen LogP contribution in [0, 0.1) is 17.2 Å². The molecule has 1 saturated heterocycles. The highest BCUT2D eigenvalue weighted by molar-refractivity contribution is 4.90. The Kier molecular flexibility index (Phi) is 7.26. The van der Waals surface area contributed by atoms with E-state index in [2.05, 4.69) is 30.1 Å². The predicted molar refractivity (Wildman–Crippen MR) is 73.3 cm³/mol. The maximum Gasteiger partial charge on any atom is 0.0965 e. The van der Waals surface area contributed by atoms with Gasteiger partial charge in [-0.05, 0) is 38.3 Å². The predicted octanol–water partition coefficient (Wildman–Crippen LogP) is 1.63. The van der Waals surface area contributed by atoms with Crippen LogP contribution in [0.2, 0.25) is 0 Å². The number of hydrogen-bond donors (Lipinski definition) is 1. The van der Waals surface area contributed by atoms with Crippen LogP contribution in [0.25, 0.3) is 0 Å². The summed E-state index contributed by atoms with van der Waals surface area (Å²) in [7, 11) is 1.80. The van der Waals surface area contributed by atoms with Gasteiger partial charge >= 0.3 is 0 Å². The molecule has 0 radical (unpaired) electrons. The highest BCUT2D eigenvalue weighted by Crippen LogP contribution is 2.19. The van der Waals surface area contributed by atoms with E-state index in [-0.39, 0.29) is 6.04 Å². The smallest absolute Gasteiger partial charge is 0.0965 e. The third-order valence-electron chi connectivity index (χ3n) is 3.81. The molecule has 0 aromatic rings. The van der Waals surface area contributed by atoms with Crippen molar-refractivity contribution in [1.29, 1.82) is 5.26 Å². The molecule has 1 heterocycles. The Morgan fingerprint density at radius 1 is 1.56 bits per heavy atom. The molecule has 0 spiro atoms. The fraction of sp³-hybridized carbons (Fsp3) is 0.929. The third-order valence-corrected chi connectivity index (χ3v) is 3.81. The van der Waals surface area contributed by atoms with E-state index in [9.17, 15) is 0 Å². The van der Waals surface area contributed by atoms with Gasteiger partial charge in [-0.1, -0.05) is 13.8 Å². The van der Waals surface area contributed by atoms with E-state index < -0.39 is 0 Å². The van der Waals surface area contributed by atoms with Gasteiger partial charge < -0.3 is 15.0 Å². The summed E-state index contributed by atoms with van der Waals surface area (Å²) in [6, 6.07) is 2.33. The SMILES string of the molecule is CCCNC(C#N)CCN1CCC(C)C(OC)C1. The minimum absolute atomic E-state index is 0.00899. The van der Waals surface area contributed by atoms with Gasteiger partial charge in [0, 0.05) is 20.2 Å². The molecule has 104 valence electrons. The van der Waals surface area contributed by atoms with E-state index >= 15 is 0 Å². The minimum atomic E-state index is -0.00899. The Labute approximate surface area is 111 Å². The lowest BCUT2D eigenvalue weighted by Gasteiger charge is -2.36. The Hall–Kier alpha value is -0.630. The normalized spacial score (nSPS) is 26.8. The number of nitriles is 1. The molecule has 1 N–H and O–H groups in total. The zero-order valence-corrected chi connectivity index (χ0v) is 12.0. The van der Waals surface area contributed by atoms with Gasteiger partial charge in [-0.3, -0.25) is 0 Å². The summed E-state index contributed by atoms with van der Waals surface area (Å²) in [5.41, 5.74) is 0. The first-order valence-corrected chi connectivity index (χ1v) is 7.09. The molecule has 4 nitrogen and oxygen atoms in total. The monoisotopic (exact) mass is 253 g/mol. The van der Waals surface area contributed by atoms with Crippen molar-refractivity contribution in [3.8, 4) is 6.07 Å². The quantitative estimate of drug-likeness (QED) is 0.749. The summed E-state index contributed by atoms with van der Waals surface area (Å²) in [5, 5.41) is 12.3. The van der Waals surface area contributed by atoms with Crippen molar-refractivity contribution in [3.63, 3.8) is 0 Å². The number of likely N-dealkylation sites (tertiary alicyclic amines) is 1. The van der Waals surface area contributed by atoms with Crippen LogP contribution in [0.3, 0.4) is 0 Å². The van der Waals surface area contributed by atoms with E-state index in [0.717, 1.165) is 39.0 Å². The highest BCUT2D eigenvalue weighted by atomic mass is 16.5. The zero-order chi connectivity index (χ0) is 13.4. The molecule has 1 aliphatic rings. The number of nitrogens with one attached hydrogen (secondary N) is 1. The van der Waals surface area contributed by atoms with E-state index in [4.69, 9.17) is 10.00 Å². The highest BCUT2D eigenvalue weighted by Gasteiger charge is 2.25. The Morgan fingerprint density at radius 2 is 2.33 bits per heavy atom. The van der Waals surface area contributed by atoms with Gasteiger partial charge in [0.2, 0.25) is 0 Å². The molecule has 1 fully saturated rings.